The van der Waals surface area contributed by atoms with Gasteiger partial charge in [-0.05, 0) is 52.7 Å². The smallest absolute Gasteiger partial charge is 0.311 e. The van der Waals surface area contributed by atoms with E-state index < -0.39 is 23.0 Å². The molecule has 0 N–H and O–H groups in total. The Labute approximate surface area is 227 Å². The second-order valence-electron chi connectivity index (χ2n) is 11.3. The number of ether oxygens (including phenoxy) is 5. The molecule has 0 radical (unpaired) electrons. The molecule has 7 nitrogen and oxygen atoms in total. The van der Waals surface area contributed by atoms with Crippen molar-refractivity contribution in [2.24, 2.45) is 10.8 Å². The van der Waals surface area contributed by atoms with Crippen molar-refractivity contribution in [2.75, 3.05) is 26.4 Å². The van der Waals surface area contributed by atoms with Gasteiger partial charge in [0.25, 0.3) is 0 Å². The largest absolute Gasteiger partial charge is 0.465 e. The minimum Gasteiger partial charge on any atom is -0.465 e. The summed E-state index contributed by atoms with van der Waals surface area (Å²) < 4.78 is 29.3. The van der Waals surface area contributed by atoms with Crippen LogP contribution >= 0.6 is 0 Å². The van der Waals surface area contributed by atoms with Crippen LogP contribution in [0.15, 0.2) is 60.7 Å². The van der Waals surface area contributed by atoms with Gasteiger partial charge in [-0.2, -0.15) is 0 Å². The number of rotatable bonds is 15. The molecule has 2 aromatic carbocycles. The average molecular weight is 529 g/mol. The molecule has 0 saturated carbocycles. The molecular formula is C31H44O7. The third-order valence-corrected chi connectivity index (χ3v) is 5.54. The van der Waals surface area contributed by atoms with Crippen LogP contribution in [0.2, 0.25) is 0 Å². The van der Waals surface area contributed by atoms with Gasteiger partial charge in [0.1, 0.15) is 6.10 Å². The average Bonchev–Trinajstić information content (AvgIpc) is 2.87. The molecule has 210 valence electrons. The summed E-state index contributed by atoms with van der Waals surface area (Å²) in [5.74, 6) is -0.604. The van der Waals surface area contributed by atoms with Gasteiger partial charge in [-0.15, -0.1) is 0 Å². The van der Waals surface area contributed by atoms with Gasteiger partial charge in [-0.1, -0.05) is 60.7 Å². The van der Waals surface area contributed by atoms with Crippen molar-refractivity contribution in [3.05, 3.63) is 71.8 Å². The van der Waals surface area contributed by atoms with Crippen molar-refractivity contribution < 1.29 is 33.3 Å². The van der Waals surface area contributed by atoms with E-state index in [9.17, 15) is 9.59 Å². The van der Waals surface area contributed by atoms with E-state index in [0.29, 0.717) is 26.2 Å². The number of hydrogen-bond acceptors (Lipinski definition) is 7. The highest BCUT2D eigenvalue weighted by atomic mass is 16.6. The van der Waals surface area contributed by atoms with Crippen LogP contribution in [-0.4, -0.2) is 50.6 Å². The fourth-order valence-electron chi connectivity index (χ4n) is 3.20. The van der Waals surface area contributed by atoms with Gasteiger partial charge in [0.15, 0.2) is 6.10 Å². The first kappa shape index (κ1) is 31.5. The number of esters is 2. The highest BCUT2D eigenvalue weighted by Gasteiger charge is 2.32. The summed E-state index contributed by atoms with van der Waals surface area (Å²) in [6.07, 6.45) is -0.751. The Balaban J connectivity index is 2.05. The molecule has 0 unspecified atom stereocenters. The first-order chi connectivity index (χ1) is 18.0. The summed E-state index contributed by atoms with van der Waals surface area (Å²) in [6, 6.07) is 19.6. The van der Waals surface area contributed by atoms with Gasteiger partial charge in [-0.25, -0.2) is 0 Å². The molecule has 0 fully saturated rings. The van der Waals surface area contributed by atoms with Gasteiger partial charge in [0.05, 0.1) is 50.5 Å². The lowest BCUT2D eigenvalue weighted by atomic mass is 9.97. The zero-order chi connectivity index (χ0) is 28.0. The van der Waals surface area contributed by atoms with Crippen LogP contribution in [-0.2, 0) is 46.5 Å². The first-order valence-electron chi connectivity index (χ1n) is 13.2. The second kappa shape index (κ2) is 15.6. The van der Waals surface area contributed by atoms with Crippen molar-refractivity contribution in [3.8, 4) is 0 Å². The predicted molar refractivity (Wildman–Crippen MR) is 146 cm³/mol. The number of carbonyl (C=O) groups is 2. The molecular weight excluding hydrogens is 484 g/mol. The standard InChI is InChI=1S/C31H44O7/c1-30(2,3)28(32)37-19-13-18-36-26(22-34-20-24-14-9-7-10-15-24)27(38-29(33)31(4,5)6)23-35-21-25-16-11-8-12-17-25/h7-12,14-17,26-27H,13,18-23H2,1-6H3/t26-,27+/m0/s1. The highest BCUT2D eigenvalue weighted by molar-refractivity contribution is 5.75. The first-order valence-corrected chi connectivity index (χ1v) is 13.2. The monoisotopic (exact) mass is 528 g/mol. The number of hydrogen-bond donors (Lipinski definition) is 0. The zero-order valence-electron chi connectivity index (χ0n) is 23.7. The van der Waals surface area contributed by atoms with Crippen molar-refractivity contribution in [3.63, 3.8) is 0 Å². The Morgan fingerprint density at radius 1 is 0.658 bits per heavy atom. The zero-order valence-corrected chi connectivity index (χ0v) is 23.7. The Morgan fingerprint density at radius 3 is 1.61 bits per heavy atom. The third kappa shape index (κ3) is 12.2. The summed E-state index contributed by atoms with van der Waals surface area (Å²) in [7, 11) is 0. The van der Waals surface area contributed by atoms with Crippen molar-refractivity contribution in [2.45, 2.75) is 73.4 Å². The molecule has 0 saturated heterocycles. The van der Waals surface area contributed by atoms with Gasteiger partial charge >= 0.3 is 11.9 Å². The molecule has 2 atom stereocenters. The van der Waals surface area contributed by atoms with Crippen LogP contribution in [0.5, 0.6) is 0 Å². The molecule has 0 aliphatic heterocycles. The molecule has 0 spiro atoms. The lowest BCUT2D eigenvalue weighted by Gasteiger charge is -2.29. The van der Waals surface area contributed by atoms with Gasteiger partial charge in [0.2, 0.25) is 0 Å². The van der Waals surface area contributed by atoms with E-state index in [2.05, 4.69) is 0 Å². The number of benzene rings is 2. The van der Waals surface area contributed by atoms with Gasteiger partial charge in [-0.3, -0.25) is 9.59 Å². The number of carbonyl (C=O) groups excluding carboxylic acids is 2. The molecule has 2 aromatic rings. The Kier molecular flexibility index (Phi) is 12.9. The molecule has 0 amide bonds. The van der Waals surface area contributed by atoms with E-state index in [4.69, 9.17) is 23.7 Å². The third-order valence-electron chi connectivity index (χ3n) is 5.54. The van der Waals surface area contributed by atoms with Crippen LogP contribution in [0, 0.1) is 10.8 Å². The van der Waals surface area contributed by atoms with Crippen molar-refractivity contribution >= 4 is 11.9 Å². The summed E-state index contributed by atoms with van der Waals surface area (Å²) in [5, 5.41) is 0. The minimum absolute atomic E-state index is 0.148. The van der Waals surface area contributed by atoms with Crippen LogP contribution in [0.3, 0.4) is 0 Å². The van der Waals surface area contributed by atoms with Crippen LogP contribution < -0.4 is 0 Å². The molecule has 0 bridgehead atoms. The van der Waals surface area contributed by atoms with Gasteiger partial charge in [0, 0.05) is 6.42 Å². The van der Waals surface area contributed by atoms with Crippen molar-refractivity contribution in [1.29, 1.82) is 0 Å². The minimum atomic E-state index is -0.686. The van der Waals surface area contributed by atoms with E-state index in [1.807, 2.05) is 102 Å². The second-order valence-corrected chi connectivity index (χ2v) is 11.3. The fraction of sp³-hybridized carbons (Fsp3) is 0.548. The van der Waals surface area contributed by atoms with Gasteiger partial charge < -0.3 is 23.7 Å². The SMILES string of the molecule is CC(C)(C)C(=O)OCCCO[C@@H](COCc1ccccc1)[C@@H](COCc1ccccc1)OC(=O)C(C)(C)C. The summed E-state index contributed by atoms with van der Waals surface area (Å²) in [4.78, 5) is 24.9. The maximum atomic E-state index is 12.8. The van der Waals surface area contributed by atoms with E-state index in [1.165, 1.54) is 0 Å². The van der Waals surface area contributed by atoms with E-state index in [1.54, 1.807) is 0 Å². The molecule has 7 heteroatoms. The molecule has 0 aliphatic carbocycles. The van der Waals surface area contributed by atoms with Crippen LogP contribution in [0.25, 0.3) is 0 Å². The molecule has 0 aromatic heterocycles. The summed E-state index contributed by atoms with van der Waals surface area (Å²) in [6.45, 7) is 12.5. The fourth-order valence-corrected chi connectivity index (χ4v) is 3.20. The van der Waals surface area contributed by atoms with Crippen LogP contribution in [0.1, 0.15) is 59.1 Å². The maximum Gasteiger partial charge on any atom is 0.311 e. The predicted octanol–water partition coefficient (Wildman–Crippen LogP) is 5.74. The summed E-state index contributed by atoms with van der Waals surface area (Å²) >= 11 is 0. The van der Waals surface area contributed by atoms with Crippen molar-refractivity contribution in [1.82, 2.24) is 0 Å². The lowest BCUT2D eigenvalue weighted by molar-refractivity contribution is -0.178. The quantitative estimate of drug-likeness (QED) is 0.215. The van der Waals surface area contributed by atoms with E-state index in [-0.39, 0.29) is 31.8 Å². The normalized spacial score (nSPS) is 13.5. The Hall–Kier alpha value is -2.74. The molecule has 38 heavy (non-hydrogen) atoms. The van der Waals surface area contributed by atoms with Crippen LogP contribution in [0.4, 0.5) is 0 Å². The topological polar surface area (TPSA) is 80.3 Å². The van der Waals surface area contributed by atoms with E-state index in [0.717, 1.165) is 11.1 Å². The molecule has 0 heterocycles. The van der Waals surface area contributed by atoms with E-state index >= 15 is 0 Å². The highest BCUT2D eigenvalue weighted by Crippen LogP contribution is 2.20. The maximum absolute atomic E-state index is 12.8. The molecule has 0 aliphatic rings. The molecule has 2 rings (SSSR count). The lowest BCUT2D eigenvalue weighted by Crippen LogP contribution is -2.42. The Bertz CT molecular complexity index is 946. The Morgan fingerprint density at radius 2 is 1.13 bits per heavy atom. The summed E-state index contributed by atoms with van der Waals surface area (Å²) in [5.41, 5.74) is 0.807.